The number of para-hydroxylation sites is 1. The van der Waals surface area contributed by atoms with Gasteiger partial charge in [-0.1, -0.05) is 23.9 Å². The zero-order valence-corrected chi connectivity index (χ0v) is 14.1. The van der Waals surface area contributed by atoms with Crippen molar-refractivity contribution in [2.24, 2.45) is 7.05 Å². The van der Waals surface area contributed by atoms with Crippen molar-refractivity contribution in [3.05, 3.63) is 47.7 Å². The van der Waals surface area contributed by atoms with Crippen LogP contribution in [-0.2, 0) is 7.05 Å². The van der Waals surface area contributed by atoms with Gasteiger partial charge in [0.1, 0.15) is 10.7 Å². The molecule has 0 unspecified atom stereocenters. The lowest BCUT2D eigenvalue weighted by atomic mass is 10.3. The number of aryl methyl sites for hydroxylation is 1. The molecule has 0 saturated heterocycles. The second kappa shape index (κ2) is 7.10. The summed E-state index contributed by atoms with van der Waals surface area (Å²) in [5, 5.41) is 8.99. The van der Waals surface area contributed by atoms with Crippen molar-refractivity contribution >= 4 is 34.7 Å². The lowest BCUT2D eigenvalue weighted by molar-refractivity contribution is 0.102. The van der Waals surface area contributed by atoms with E-state index in [9.17, 15) is 13.6 Å². The summed E-state index contributed by atoms with van der Waals surface area (Å²) in [5.41, 5.74) is 1.38. The first-order valence-corrected chi connectivity index (χ1v) is 8.58. The van der Waals surface area contributed by atoms with Gasteiger partial charge in [-0.25, -0.2) is 4.98 Å². The second-order valence-electron chi connectivity index (χ2n) is 4.77. The van der Waals surface area contributed by atoms with Gasteiger partial charge in [-0.2, -0.15) is 13.9 Å². The molecule has 0 bridgehead atoms. The number of hydrogen-bond acceptors (Lipinski definition) is 5. The van der Waals surface area contributed by atoms with E-state index < -0.39 is 11.7 Å². The average molecular weight is 366 g/mol. The summed E-state index contributed by atoms with van der Waals surface area (Å²) in [6.45, 7) is 0. The second-order valence-corrected chi connectivity index (χ2v) is 6.66. The van der Waals surface area contributed by atoms with Crippen molar-refractivity contribution in [1.82, 2.24) is 14.8 Å². The summed E-state index contributed by atoms with van der Waals surface area (Å²) in [6.07, 6.45) is 3.46. The van der Waals surface area contributed by atoms with Crippen molar-refractivity contribution in [1.29, 1.82) is 0 Å². The Balaban J connectivity index is 1.78. The SMILES string of the molecule is Cn1cc(-c2nc(C(=O)Nc3ccccc3SC(F)F)cs2)cn1. The number of amides is 1. The van der Waals surface area contributed by atoms with E-state index in [0.29, 0.717) is 27.4 Å². The quantitative estimate of drug-likeness (QED) is 0.691. The number of benzene rings is 1. The van der Waals surface area contributed by atoms with Gasteiger partial charge >= 0.3 is 0 Å². The maximum atomic E-state index is 12.6. The Labute approximate surface area is 144 Å². The Morgan fingerprint density at radius 1 is 1.38 bits per heavy atom. The van der Waals surface area contributed by atoms with Gasteiger partial charge in [0.25, 0.3) is 11.7 Å². The molecule has 0 atom stereocenters. The Morgan fingerprint density at radius 3 is 2.88 bits per heavy atom. The number of anilines is 1. The van der Waals surface area contributed by atoms with E-state index in [-0.39, 0.29) is 5.69 Å². The van der Waals surface area contributed by atoms with Gasteiger partial charge in [-0.15, -0.1) is 11.3 Å². The highest BCUT2D eigenvalue weighted by Gasteiger charge is 2.16. The third-order valence-electron chi connectivity index (χ3n) is 3.04. The Morgan fingerprint density at radius 2 is 2.17 bits per heavy atom. The van der Waals surface area contributed by atoms with E-state index in [1.807, 2.05) is 0 Å². The molecule has 3 rings (SSSR count). The highest BCUT2D eigenvalue weighted by Crippen LogP contribution is 2.32. The molecule has 0 fully saturated rings. The molecule has 124 valence electrons. The monoisotopic (exact) mass is 366 g/mol. The lowest BCUT2D eigenvalue weighted by Crippen LogP contribution is -2.13. The van der Waals surface area contributed by atoms with Crippen molar-refractivity contribution in [3.63, 3.8) is 0 Å². The fraction of sp³-hybridized carbons (Fsp3) is 0.133. The molecule has 3 aromatic rings. The molecule has 1 aromatic carbocycles. The number of thiazole rings is 1. The van der Waals surface area contributed by atoms with E-state index in [4.69, 9.17) is 0 Å². The fourth-order valence-electron chi connectivity index (χ4n) is 2.00. The van der Waals surface area contributed by atoms with Gasteiger partial charge in [0.2, 0.25) is 0 Å². The van der Waals surface area contributed by atoms with Crippen molar-refractivity contribution in [3.8, 4) is 10.6 Å². The van der Waals surface area contributed by atoms with Crippen LogP contribution in [0.1, 0.15) is 10.5 Å². The zero-order valence-electron chi connectivity index (χ0n) is 12.4. The molecule has 0 aliphatic rings. The smallest absolute Gasteiger partial charge is 0.288 e. The molecule has 5 nitrogen and oxygen atoms in total. The van der Waals surface area contributed by atoms with Crippen LogP contribution in [0.15, 0.2) is 46.9 Å². The summed E-state index contributed by atoms with van der Waals surface area (Å²) in [6, 6.07) is 6.43. The summed E-state index contributed by atoms with van der Waals surface area (Å²) in [4.78, 5) is 16.9. The standard InChI is InChI=1S/C15H12F2N4OS2/c1-21-7-9(6-18-21)14-20-11(8-23-14)13(22)19-10-4-2-3-5-12(10)24-15(16)17/h2-8,15H,1H3,(H,19,22). The van der Waals surface area contributed by atoms with Crippen LogP contribution in [0.25, 0.3) is 10.6 Å². The normalized spacial score (nSPS) is 11.0. The number of aromatic nitrogens is 3. The predicted octanol–water partition coefficient (Wildman–Crippen LogP) is 4.11. The molecule has 24 heavy (non-hydrogen) atoms. The minimum absolute atomic E-state index is 0.232. The Kier molecular flexibility index (Phi) is 4.91. The molecule has 1 amide bonds. The number of carbonyl (C=O) groups is 1. The number of alkyl halides is 2. The predicted molar refractivity (Wildman–Crippen MR) is 90.6 cm³/mol. The van der Waals surface area contributed by atoms with Crippen LogP contribution in [0.2, 0.25) is 0 Å². The fourth-order valence-corrected chi connectivity index (χ4v) is 3.37. The van der Waals surface area contributed by atoms with Gasteiger partial charge in [0.15, 0.2) is 0 Å². The van der Waals surface area contributed by atoms with Crippen LogP contribution in [0.5, 0.6) is 0 Å². The summed E-state index contributed by atoms with van der Waals surface area (Å²) < 4.78 is 26.8. The molecule has 0 saturated carbocycles. The molecule has 0 spiro atoms. The van der Waals surface area contributed by atoms with E-state index >= 15 is 0 Å². The van der Waals surface area contributed by atoms with Gasteiger partial charge < -0.3 is 5.32 Å². The highest BCUT2D eigenvalue weighted by atomic mass is 32.2. The van der Waals surface area contributed by atoms with Crippen LogP contribution in [0, 0.1) is 0 Å². The number of halogens is 2. The minimum atomic E-state index is -2.56. The summed E-state index contributed by atoms with van der Waals surface area (Å²) in [5.74, 6) is -3.00. The molecular formula is C15H12F2N4OS2. The Bertz CT molecular complexity index is 863. The number of carbonyl (C=O) groups excluding carboxylic acids is 1. The number of nitrogens with zero attached hydrogens (tertiary/aromatic N) is 3. The van der Waals surface area contributed by atoms with Crippen molar-refractivity contribution in [2.75, 3.05) is 5.32 Å². The topological polar surface area (TPSA) is 59.8 Å². The Hall–Kier alpha value is -2.26. The van der Waals surface area contributed by atoms with Crippen LogP contribution in [0.3, 0.4) is 0 Å². The van der Waals surface area contributed by atoms with Gasteiger partial charge in [0, 0.05) is 29.1 Å². The van der Waals surface area contributed by atoms with Crippen LogP contribution in [0.4, 0.5) is 14.5 Å². The van der Waals surface area contributed by atoms with E-state index in [1.165, 1.54) is 17.4 Å². The number of rotatable bonds is 5. The summed E-state index contributed by atoms with van der Waals surface area (Å²) in [7, 11) is 1.79. The van der Waals surface area contributed by atoms with E-state index in [1.54, 1.807) is 47.7 Å². The van der Waals surface area contributed by atoms with Crippen molar-refractivity contribution < 1.29 is 13.6 Å². The first-order chi connectivity index (χ1) is 11.5. The van der Waals surface area contributed by atoms with Crippen LogP contribution < -0.4 is 5.32 Å². The van der Waals surface area contributed by atoms with E-state index in [2.05, 4.69) is 15.4 Å². The summed E-state index contributed by atoms with van der Waals surface area (Å²) >= 11 is 1.71. The van der Waals surface area contributed by atoms with Crippen LogP contribution >= 0.6 is 23.1 Å². The largest absolute Gasteiger partial charge is 0.320 e. The minimum Gasteiger partial charge on any atom is -0.320 e. The molecule has 1 N–H and O–H groups in total. The van der Waals surface area contributed by atoms with Gasteiger partial charge in [0.05, 0.1) is 11.9 Å². The van der Waals surface area contributed by atoms with E-state index in [0.717, 1.165) is 5.56 Å². The first kappa shape index (κ1) is 16.6. The molecule has 0 aliphatic heterocycles. The highest BCUT2D eigenvalue weighted by molar-refractivity contribution is 7.99. The van der Waals surface area contributed by atoms with Gasteiger partial charge in [-0.3, -0.25) is 9.48 Å². The van der Waals surface area contributed by atoms with Crippen molar-refractivity contribution in [2.45, 2.75) is 10.7 Å². The third kappa shape index (κ3) is 3.80. The first-order valence-electron chi connectivity index (χ1n) is 6.82. The third-order valence-corrected chi connectivity index (χ3v) is 4.72. The lowest BCUT2D eigenvalue weighted by Gasteiger charge is -2.09. The van der Waals surface area contributed by atoms with Gasteiger partial charge in [-0.05, 0) is 12.1 Å². The average Bonchev–Trinajstić information content (AvgIpc) is 3.17. The molecule has 2 heterocycles. The van der Waals surface area contributed by atoms with Crippen LogP contribution in [-0.4, -0.2) is 26.4 Å². The molecule has 2 aromatic heterocycles. The number of thioether (sulfide) groups is 1. The molecule has 9 heteroatoms. The molecular weight excluding hydrogens is 354 g/mol. The zero-order chi connectivity index (χ0) is 17.1. The number of hydrogen-bond donors (Lipinski definition) is 1. The molecule has 0 radical (unpaired) electrons. The maximum absolute atomic E-state index is 12.6. The number of nitrogens with one attached hydrogen (secondary N) is 1. The molecule has 0 aliphatic carbocycles. The maximum Gasteiger partial charge on any atom is 0.288 e.